The highest BCUT2D eigenvalue weighted by molar-refractivity contribution is 7.13. The number of anilines is 1. The number of fused-ring (bicyclic) bond motifs is 2. The highest BCUT2D eigenvalue weighted by Crippen LogP contribution is 2.35. The van der Waals surface area contributed by atoms with Gasteiger partial charge in [-0.05, 0) is 32.6 Å². The molecule has 0 saturated carbocycles. The molecule has 0 radical (unpaired) electrons. The maximum absolute atomic E-state index is 12.0. The largest absolute Gasteiger partial charge is 0.393 e. The highest BCUT2D eigenvalue weighted by atomic mass is 32.1. The summed E-state index contributed by atoms with van der Waals surface area (Å²) in [4.78, 5) is 18.5. The van der Waals surface area contributed by atoms with Crippen molar-refractivity contribution in [1.29, 1.82) is 0 Å². The number of piperidine rings is 1. The molecule has 0 spiro atoms. The molecule has 2 fully saturated rings. The number of hydrogen-bond donors (Lipinski definition) is 2. The van der Waals surface area contributed by atoms with Crippen LogP contribution in [0.5, 0.6) is 0 Å². The molecule has 2 unspecified atom stereocenters. The van der Waals surface area contributed by atoms with Gasteiger partial charge in [0, 0.05) is 17.5 Å². The average molecular weight is 281 g/mol. The fourth-order valence-electron chi connectivity index (χ4n) is 3.24. The molecule has 3 heterocycles. The Balaban J connectivity index is 1.58. The van der Waals surface area contributed by atoms with Gasteiger partial charge in [0.25, 0.3) is 0 Å². The number of aliphatic hydroxyl groups is 1. The van der Waals surface area contributed by atoms with Crippen molar-refractivity contribution in [1.82, 2.24) is 9.88 Å². The van der Waals surface area contributed by atoms with Crippen molar-refractivity contribution in [3.63, 3.8) is 0 Å². The van der Waals surface area contributed by atoms with Crippen LogP contribution in [-0.2, 0) is 4.79 Å². The number of carbonyl (C=O) groups is 1. The number of thiazole rings is 1. The average Bonchev–Trinajstić information content (AvgIpc) is 2.83. The third-order valence-corrected chi connectivity index (χ3v) is 4.93. The Morgan fingerprint density at radius 2 is 2.21 bits per heavy atom. The monoisotopic (exact) mass is 281 g/mol. The minimum atomic E-state index is -0.182. The van der Waals surface area contributed by atoms with Crippen LogP contribution in [0.1, 0.15) is 31.4 Å². The Morgan fingerprint density at radius 1 is 1.53 bits per heavy atom. The first kappa shape index (κ1) is 13.0. The normalized spacial score (nSPS) is 30.5. The fourth-order valence-corrected chi connectivity index (χ4v) is 3.94. The first-order valence-electron chi connectivity index (χ1n) is 6.77. The first-order valence-corrected chi connectivity index (χ1v) is 7.65. The quantitative estimate of drug-likeness (QED) is 0.878. The van der Waals surface area contributed by atoms with E-state index < -0.39 is 0 Å². The van der Waals surface area contributed by atoms with Crippen molar-refractivity contribution in [2.45, 2.75) is 50.8 Å². The summed E-state index contributed by atoms with van der Waals surface area (Å²) in [5.41, 5.74) is 0.932. The summed E-state index contributed by atoms with van der Waals surface area (Å²) < 4.78 is 0. The second-order valence-electron chi connectivity index (χ2n) is 5.52. The number of amides is 1. The topological polar surface area (TPSA) is 65.5 Å². The summed E-state index contributed by atoms with van der Waals surface area (Å²) in [7, 11) is 0. The summed E-state index contributed by atoms with van der Waals surface area (Å²) in [6.45, 7) is 2.33. The predicted octanol–water partition coefficient (Wildman–Crippen LogP) is 1.38. The number of aliphatic hydroxyl groups excluding tert-OH is 1. The molecule has 2 saturated heterocycles. The summed E-state index contributed by atoms with van der Waals surface area (Å²) in [5.74, 6) is 0.00244. The van der Waals surface area contributed by atoms with E-state index in [1.54, 1.807) is 0 Å². The summed E-state index contributed by atoms with van der Waals surface area (Å²) in [5, 5.41) is 15.2. The van der Waals surface area contributed by atoms with Crippen LogP contribution in [0.3, 0.4) is 0 Å². The minimum Gasteiger partial charge on any atom is -0.393 e. The molecule has 6 heteroatoms. The second-order valence-corrected chi connectivity index (χ2v) is 6.38. The summed E-state index contributed by atoms with van der Waals surface area (Å²) in [6, 6.07) is 0.745. The fraction of sp³-hybridized carbons (Fsp3) is 0.692. The molecule has 19 heavy (non-hydrogen) atoms. The maximum atomic E-state index is 12.0. The van der Waals surface area contributed by atoms with Crippen LogP contribution in [0.2, 0.25) is 0 Å². The van der Waals surface area contributed by atoms with Gasteiger partial charge < -0.3 is 10.4 Å². The van der Waals surface area contributed by atoms with Gasteiger partial charge in [0.2, 0.25) is 5.91 Å². The third-order valence-electron chi connectivity index (χ3n) is 4.05. The lowest BCUT2D eigenvalue weighted by atomic mass is 10.00. The molecule has 0 aliphatic carbocycles. The van der Waals surface area contributed by atoms with E-state index in [0.29, 0.717) is 23.8 Å². The zero-order valence-electron chi connectivity index (χ0n) is 11.0. The van der Waals surface area contributed by atoms with E-state index >= 15 is 0 Å². The molecule has 2 N–H and O–H groups in total. The van der Waals surface area contributed by atoms with E-state index in [2.05, 4.69) is 15.2 Å². The number of rotatable bonds is 3. The first-order chi connectivity index (χ1) is 9.11. The molecule has 2 atom stereocenters. The van der Waals surface area contributed by atoms with E-state index in [0.717, 1.165) is 31.4 Å². The number of hydrogen-bond acceptors (Lipinski definition) is 5. The van der Waals surface area contributed by atoms with Crippen LogP contribution in [-0.4, -0.2) is 45.6 Å². The second kappa shape index (κ2) is 5.19. The molecule has 1 aromatic rings. The molecule has 0 aromatic carbocycles. The van der Waals surface area contributed by atoms with Gasteiger partial charge in [-0.15, -0.1) is 11.3 Å². The lowest BCUT2D eigenvalue weighted by Gasteiger charge is -2.36. The van der Waals surface area contributed by atoms with Gasteiger partial charge in [0.15, 0.2) is 5.13 Å². The van der Waals surface area contributed by atoms with E-state index in [-0.39, 0.29) is 12.0 Å². The molecule has 1 amide bonds. The van der Waals surface area contributed by atoms with Gasteiger partial charge in [-0.1, -0.05) is 0 Å². The molecule has 104 valence electrons. The SMILES string of the molecule is Cc1csc(NC(=O)CN2C3CCC2CC(O)C3)n1. The smallest absolute Gasteiger partial charge is 0.240 e. The standard InChI is InChI=1S/C13H19N3O2S/c1-8-7-19-13(14-8)15-12(18)6-16-9-2-3-10(16)5-11(17)4-9/h7,9-11,17H,2-6H2,1H3,(H,14,15,18). The van der Waals surface area contributed by atoms with Crippen LogP contribution in [0, 0.1) is 6.92 Å². The van der Waals surface area contributed by atoms with Crippen molar-refractivity contribution in [2.75, 3.05) is 11.9 Å². The Kier molecular flexibility index (Phi) is 3.56. The third kappa shape index (κ3) is 2.80. The Hall–Kier alpha value is -0.980. The van der Waals surface area contributed by atoms with Crippen LogP contribution < -0.4 is 5.32 Å². The van der Waals surface area contributed by atoms with Gasteiger partial charge in [0.05, 0.1) is 18.3 Å². The molecule has 1 aromatic heterocycles. The lowest BCUT2D eigenvalue weighted by molar-refractivity contribution is -0.119. The van der Waals surface area contributed by atoms with Crippen LogP contribution in [0.4, 0.5) is 5.13 Å². The van der Waals surface area contributed by atoms with E-state index in [1.807, 2.05) is 12.3 Å². The predicted molar refractivity (Wildman–Crippen MR) is 74.2 cm³/mol. The van der Waals surface area contributed by atoms with Crippen molar-refractivity contribution in [2.24, 2.45) is 0 Å². The number of nitrogens with zero attached hydrogens (tertiary/aromatic N) is 2. The highest BCUT2D eigenvalue weighted by Gasteiger charge is 2.40. The Bertz CT molecular complexity index is 462. The van der Waals surface area contributed by atoms with Gasteiger partial charge in [-0.25, -0.2) is 4.98 Å². The van der Waals surface area contributed by atoms with Gasteiger partial charge in [-0.3, -0.25) is 9.69 Å². The number of aromatic nitrogens is 1. The summed E-state index contributed by atoms with van der Waals surface area (Å²) in [6.07, 6.45) is 3.63. The van der Waals surface area contributed by atoms with Crippen LogP contribution in [0.25, 0.3) is 0 Å². The minimum absolute atomic E-state index is 0.00244. The van der Waals surface area contributed by atoms with E-state index in [1.165, 1.54) is 11.3 Å². The number of carbonyl (C=O) groups excluding carboxylic acids is 1. The Morgan fingerprint density at radius 3 is 2.79 bits per heavy atom. The molecular weight excluding hydrogens is 262 g/mol. The zero-order valence-corrected chi connectivity index (χ0v) is 11.8. The molecule has 5 nitrogen and oxygen atoms in total. The van der Waals surface area contributed by atoms with Crippen LogP contribution >= 0.6 is 11.3 Å². The molecule has 2 bridgehead atoms. The van der Waals surface area contributed by atoms with Crippen molar-refractivity contribution < 1.29 is 9.90 Å². The maximum Gasteiger partial charge on any atom is 0.240 e. The van der Waals surface area contributed by atoms with Gasteiger partial charge in [-0.2, -0.15) is 0 Å². The molecular formula is C13H19N3O2S. The zero-order chi connectivity index (χ0) is 13.4. The lowest BCUT2D eigenvalue weighted by Crippen LogP contribution is -2.47. The van der Waals surface area contributed by atoms with Gasteiger partial charge in [0.1, 0.15) is 0 Å². The summed E-state index contributed by atoms with van der Waals surface area (Å²) >= 11 is 1.46. The number of nitrogens with one attached hydrogen (secondary N) is 1. The van der Waals surface area contributed by atoms with Crippen LogP contribution in [0.15, 0.2) is 5.38 Å². The van der Waals surface area contributed by atoms with E-state index in [4.69, 9.17) is 0 Å². The molecule has 2 aliphatic heterocycles. The van der Waals surface area contributed by atoms with Gasteiger partial charge >= 0.3 is 0 Å². The number of aryl methyl sites for hydroxylation is 1. The van der Waals surface area contributed by atoms with Crippen molar-refractivity contribution >= 4 is 22.4 Å². The molecule has 3 rings (SSSR count). The molecule has 2 aliphatic rings. The van der Waals surface area contributed by atoms with Crippen molar-refractivity contribution in [3.8, 4) is 0 Å². The van der Waals surface area contributed by atoms with Crippen molar-refractivity contribution in [3.05, 3.63) is 11.1 Å². The Labute approximate surface area is 116 Å². The van der Waals surface area contributed by atoms with E-state index in [9.17, 15) is 9.90 Å².